The third-order valence-corrected chi connectivity index (χ3v) is 4.25. The number of aromatic amines is 1. The van der Waals surface area contributed by atoms with Gasteiger partial charge < -0.3 is 15.0 Å². The zero-order valence-electron chi connectivity index (χ0n) is 13.7. The zero-order valence-corrected chi connectivity index (χ0v) is 13.7. The lowest BCUT2D eigenvalue weighted by Crippen LogP contribution is -2.37. The van der Waals surface area contributed by atoms with Crippen molar-refractivity contribution in [2.75, 3.05) is 6.54 Å². The van der Waals surface area contributed by atoms with Gasteiger partial charge in [0.2, 0.25) is 0 Å². The zero-order chi connectivity index (χ0) is 16.0. The molecule has 0 bridgehead atoms. The first-order chi connectivity index (χ1) is 10.3. The Bertz CT molecular complexity index is 705. The summed E-state index contributed by atoms with van der Waals surface area (Å²) in [6.07, 6.45) is 1.87. The number of benzene rings is 1. The Morgan fingerprint density at radius 2 is 2.00 bits per heavy atom. The van der Waals surface area contributed by atoms with E-state index in [1.54, 1.807) is 0 Å². The molecule has 0 spiro atoms. The van der Waals surface area contributed by atoms with E-state index in [4.69, 9.17) is 4.74 Å². The highest BCUT2D eigenvalue weighted by Gasteiger charge is 2.47. The topological polar surface area (TPSA) is 54.1 Å². The van der Waals surface area contributed by atoms with Crippen molar-refractivity contribution in [3.05, 3.63) is 35.5 Å². The number of alkyl carbamates (subject to hydrolysis) is 1. The van der Waals surface area contributed by atoms with Crippen LogP contribution in [0, 0.1) is 6.92 Å². The van der Waals surface area contributed by atoms with E-state index in [1.165, 1.54) is 22.2 Å². The number of hydrogen-bond acceptors (Lipinski definition) is 2. The lowest BCUT2D eigenvalue weighted by atomic mass is 9.93. The fourth-order valence-electron chi connectivity index (χ4n) is 3.18. The maximum atomic E-state index is 11.9. The van der Waals surface area contributed by atoms with Crippen LogP contribution in [0.3, 0.4) is 0 Å². The quantitative estimate of drug-likeness (QED) is 0.899. The highest BCUT2D eigenvalue weighted by atomic mass is 16.6. The van der Waals surface area contributed by atoms with Crippen molar-refractivity contribution in [2.45, 2.75) is 51.6 Å². The van der Waals surface area contributed by atoms with Gasteiger partial charge in [-0.3, -0.25) is 0 Å². The number of rotatable bonds is 3. The number of nitrogens with one attached hydrogen (secondary N) is 2. The molecule has 4 nitrogen and oxygen atoms in total. The van der Waals surface area contributed by atoms with E-state index >= 15 is 0 Å². The van der Waals surface area contributed by atoms with Crippen molar-refractivity contribution < 1.29 is 9.53 Å². The summed E-state index contributed by atoms with van der Waals surface area (Å²) in [5.41, 5.74) is 3.31. The Hall–Kier alpha value is -1.97. The van der Waals surface area contributed by atoms with Gasteiger partial charge in [0.25, 0.3) is 0 Å². The highest BCUT2D eigenvalue weighted by Crippen LogP contribution is 2.51. The smallest absolute Gasteiger partial charge is 0.407 e. The summed E-state index contributed by atoms with van der Waals surface area (Å²) in [6, 6.07) is 8.36. The molecule has 1 heterocycles. The first kappa shape index (κ1) is 14.9. The maximum absolute atomic E-state index is 11.9. The average molecular weight is 300 g/mol. The number of ether oxygens (including phenoxy) is 1. The van der Waals surface area contributed by atoms with Crippen molar-refractivity contribution in [1.82, 2.24) is 10.3 Å². The summed E-state index contributed by atoms with van der Waals surface area (Å²) < 4.78 is 5.34. The second-order valence-corrected chi connectivity index (χ2v) is 7.31. The van der Waals surface area contributed by atoms with E-state index < -0.39 is 5.60 Å². The molecule has 1 aliphatic carbocycles. The molecule has 1 aromatic heterocycles. The summed E-state index contributed by atoms with van der Waals surface area (Å²) >= 11 is 0. The lowest BCUT2D eigenvalue weighted by molar-refractivity contribution is 0.0522. The predicted octanol–water partition coefficient (Wildman–Crippen LogP) is 4.03. The third kappa shape index (κ3) is 2.82. The van der Waals surface area contributed by atoms with E-state index in [9.17, 15) is 4.79 Å². The largest absolute Gasteiger partial charge is 0.444 e. The van der Waals surface area contributed by atoms with Crippen LogP contribution in [-0.4, -0.2) is 23.2 Å². The molecule has 1 aromatic carbocycles. The van der Waals surface area contributed by atoms with Crippen LogP contribution in [0.4, 0.5) is 4.79 Å². The minimum atomic E-state index is -0.461. The van der Waals surface area contributed by atoms with E-state index in [2.05, 4.69) is 35.4 Å². The first-order valence-electron chi connectivity index (χ1n) is 7.85. The van der Waals surface area contributed by atoms with Gasteiger partial charge in [0.15, 0.2) is 0 Å². The Balaban J connectivity index is 1.79. The van der Waals surface area contributed by atoms with Crippen LogP contribution in [-0.2, 0) is 10.2 Å². The molecule has 0 aliphatic heterocycles. The first-order valence-corrected chi connectivity index (χ1v) is 7.85. The Labute approximate surface area is 131 Å². The van der Waals surface area contributed by atoms with E-state index in [-0.39, 0.29) is 11.5 Å². The van der Waals surface area contributed by atoms with E-state index in [1.807, 2.05) is 26.8 Å². The third-order valence-electron chi connectivity index (χ3n) is 4.25. The molecule has 1 aliphatic rings. The summed E-state index contributed by atoms with van der Waals surface area (Å²) in [5.74, 6) is 0. The molecule has 3 rings (SSSR count). The van der Waals surface area contributed by atoms with E-state index in [0.717, 1.165) is 12.8 Å². The fourth-order valence-corrected chi connectivity index (χ4v) is 3.18. The van der Waals surface area contributed by atoms with Crippen molar-refractivity contribution in [3.63, 3.8) is 0 Å². The van der Waals surface area contributed by atoms with Gasteiger partial charge >= 0.3 is 6.09 Å². The van der Waals surface area contributed by atoms with E-state index in [0.29, 0.717) is 6.54 Å². The lowest BCUT2D eigenvalue weighted by Gasteiger charge is -2.22. The molecule has 0 saturated heterocycles. The molecule has 118 valence electrons. The molecule has 22 heavy (non-hydrogen) atoms. The van der Waals surface area contributed by atoms with Gasteiger partial charge in [-0.05, 0) is 52.2 Å². The van der Waals surface area contributed by atoms with Crippen LogP contribution in [0.5, 0.6) is 0 Å². The highest BCUT2D eigenvalue weighted by molar-refractivity contribution is 5.86. The Morgan fingerprint density at radius 1 is 1.32 bits per heavy atom. The van der Waals surface area contributed by atoms with Crippen molar-refractivity contribution in [1.29, 1.82) is 0 Å². The van der Waals surface area contributed by atoms with Crippen LogP contribution >= 0.6 is 0 Å². The standard InChI is InChI=1S/C18H24N2O2/c1-12-15(13-7-5-6-8-14(13)20-12)18(9-10-18)11-19-16(21)22-17(2,3)4/h5-8,20H,9-11H2,1-4H3,(H,19,21). The molecule has 4 heteroatoms. The maximum Gasteiger partial charge on any atom is 0.407 e. The number of aryl methyl sites for hydroxylation is 1. The van der Waals surface area contributed by atoms with Crippen LogP contribution in [0.2, 0.25) is 0 Å². The minimum Gasteiger partial charge on any atom is -0.444 e. The Kier molecular flexibility index (Phi) is 3.42. The molecule has 1 saturated carbocycles. The molecule has 1 fully saturated rings. The monoisotopic (exact) mass is 300 g/mol. The van der Waals surface area contributed by atoms with Gasteiger partial charge in [0.05, 0.1) is 0 Å². The summed E-state index contributed by atoms with van der Waals surface area (Å²) in [5, 5.41) is 4.21. The molecule has 0 atom stereocenters. The number of hydrogen-bond donors (Lipinski definition) is 2. The molecule has 2 aromatic rings. The SMILES string of the molecule is Cc1[nH]c2ccccc2c1C1(CNC(=O)OC(C)(C)C)CC1. The van der Waals surface area contributed by atoms with Gasteiger partial charge in [0, 0.05) is 28.6 Å². The number of amides is 1. The van der Waals surface area contributed by atoms with Crippen LogP contribution in [0.25, 0.3) is 10.9 Å². The van der Waals surface area contributed by atoms with Crippen molar-refractivity contribution in [2.24, 2.45) is 0 Å². The summed E-state index contributed by atoms with van der Waals surface area (Å²) in [7, 11) is 0. The molecule has 1 amide bonds. The summed E-state index contributed by atoms with van der Waals surface area (Å²) in [6.45, 7) is 8.38. The molecule has 0 radical (unpaired) electrons. The normalized spacial score (nSPS) is 16.5. The van der Waals surface area contributed by atoms with Crippen LogP contribution in [0.1, 0.15) is 44.9 Å². The molecule has 0 unspecified atom stereocenters. The number of para-hydroxylation sites is 1. The van der Waals surface area contributed by atoms with Crippen molar-refractivity contribution in [3.8, 4) is 0 Å². The second-order valence-electron chi connectivity index (χ2n) is 7.31. The predicted molar refractivity (Wildman–Crippen MR) is 88.2 cm³/mol. The van der Waals surface area contributed by atoms with Gasteiger partial charge in [-0.1, -0.05) is 18.2 Å². The summed E-state index contributed by atoms with van der Waals surface area (Å²) in [4.78, 5) is 15.4. The van der Waals surface area contributed by atoms with Gasteiger partial charge in [-0.15, -0.1) is 0 Å². The van der Waals surface area contributed by atoms with Crippen LogP contribution in [0.15, 0.2) is 24.3 Å². The van der Waals surface area contributed by atoms with Crippen LogP contribution < -0.4 is 5.32 Å². The number of H-pyrrole nitrogens is 1. The minimum absolute atomic E-state index is 0.0561. The number of fused-ring (bicyclic) bond motifs is 1. The van der Waals surface area contributed by atoms with Crippen molar-refractivity contribution >= 4 is 17.0 Å². The fraction of sp³-hybridized carbons (Fsp3) is 0.500. The van der Waals surface area contributed by atoms with Gasteiger partial charge in [0.1, 0.15) is 5.60 Å². The Morgan fingerprint density at radius 3 is 2.64 bits per heavy atom. The number of aromatic nitrogens is 1. The number of carbonyl (C=O) groups excluding carboxylic acids is 1. The average Bonchev–Trinajstić information content (AvgIpc) is 3.10. The number of carbonyl (C=O) groups is 1. The molecular formula is C18H24N2O2. The molecule has 2 N–H and O–H groups in total. The van der Waals surface area contributed by atoms with Gasteiger partial charge in [-0.2, -0.15) is 0 Å². The van der Waals surface area contributed by atoms with Gasteiger partial charge in [-0.25, -0.2) is 4.79 Å². The molecular weight excluding hydrogens is 276 g/mol. The second kappa shape index (κ2) is 5.04.